The third-order valence-corrected chi connectivity index (χ3v) is 0. The van der Waals surface area contributed by atoms with Crippen molar-refractivity contribution in [2.24, 2.45) is 0 Å². The van der Waals surface area contributed by atoms with Crippen molar-refractivity contribution in [3.8, 4) is 0 Å². The molecular weight excluding hydrogens is 83.9 g/mol. The molecule has 0 unspecified atom stereocenters. The van der Waals surface area contributed by atoms with Gasteiger partial charge in [0.15, 0.2) is 0 Å². The van der Waals surface area contributed by atoms with E-state index in [1.165, 1.54) is 0 Å². The predicted octanol–water partition coefficient (Wildman–Crippen LogP) is -0.240. The van der Waals surface area contributed by atoms with E-state index in [4.69, 9.17) is 6.65 Å². The Morgan fingerprint density at radius 3 is 1.25 bits per heavy atom. The second-order valence-corrected chi connectivity index (χ2v) is 0.344. The van der Waals surface area contributed by atoms with E-state index in [2.05, 4.69) is 0 Å². The van der Waals surface area contributed by atoms with Crippen LogP contribution in [0.5, 0.6) is 0 Å². The van der Waals surface area contributed by atoms with Gasteiger partial charge in [0.25, 0.3) is 0 Å². The number of hydrogen-bond acceptors (Lipinski definition) is 2. The van der Waals surface area contributed by atoms with Crippen LogP contribution >= 0.6 is 0 Å². The summed E-state index contributed by atoms with van der Waals surface area (Å²) in [6.45, 7) is 0. The zero-order valence-electron chi connectivity index (χ0n) is 2.02. The molecule has 0 amide bonds. The molecule has 0 saturated heterocycles. The molecule has 0 atom stereocenters. The van der Waals surface area contributed by atoms with Crippen LogP contribution in [0.25, 0.3) is 0 Å². The molecule has 0 saturated carbocycles. The van der Waals surface area contributed by atoms with E-state index in [9.17, 15) is 0 Å². The average Bonchev–Trinajstić information content (AvgIpc) is 0.918. The van der Waals surface area contributed by atoms with Gasteiger partial charge in [0.2, 0.25) is 0 Å². The first-order valence-corrected chi connectivity index (χ1v) is 1.68. The fourth-order valence-electron chi connectivity index (χ4n) is 0. The van der Waals surface area contributed by atoms with E-state index in [0.29, 0.717) is 0 Å². The maximum atomic E-state index is 8.50. The standard InChI is InChI=1S/He.2O.Ti. The Balaban J connectivity index is 0. The molecule has 0 spiro atoms. The topological polar surface area (TPSA) is 34.1 Å². The molecule has 0 aromatic rings. The summed E-state index contributed by atoms with van der Waals surface area (Å²) in [5.74, 6) is 0. The van der Waals surface area contributed by atoms with E-state index >= 15 is 0 Å². The SMILES string of the molecule is [He].[O]=[Ti]=[O]. The minimum atomic E-state index is -2.00. The number of hydrogen-bond donors (Lipinski definition) is 0. The van der Waals surface area contributed by atoms with Crippen LogP contribution in [0.3, 0.4) is 0 Å². The van der Waals surface area contributed by atoms with Crippen LogP contribution in [0.15, 0.2) is 0 Å². The van der Waals surface area contributed by atoms with Crippen LogP contribution in [0, 0.1) is 6.15 Å². The summed E-state index contributed by atoms with van der Waals surface area (Å²) in [6, 6.07) is 0. The molecule has 2 nitrogen and oxygen atoms in total. The molecule has 0 aromatic carbocycles. The van der Waals surface area contributed by atoms with Gasteiger partial charge in [0.05, 0.1) is 0 Å². The van der Waals surface area contributed by atoms with Crippen molar-refractivity contribution in [1.82, 2.24) is 0 Å². The zero-order chi connectivity index (χ0) is 2.71. The molecule has 0 aromatic heterocycles. The molecule has 0 rings (SSSR count). The Kier molecular flexibility index (Phi) is 23.6. The van der Waals surface area contributed by atoms with Gasteiger partial charge < -0.3 is 0 Å². The zero-order valence-corrected chi connectivity index (χ0v) is 3.59. The van der Waals surface area contributed by atoms with E-state index in [1.54, 1.807) is 0 Å². The Labute approximate surface area is 32.5 Å². The second-order valence-electron chi connectivity index (χ2n) is 0.0833. The van der Waals surface area contributed by atoms with E-state index in [1.807, 2.05) is 0 Å². The summed E-state index contributed by atoms with van der Waals surface area (Å²) >= 11 is -2.00. The molecule has 0 heterocycles. The van der Waals surface area contributed by atoms with Crippen LogP contribution in [0.2, 0.25) is 0 Å². The van der Waals surface area contributed by atoms with Crippen LogP contribution in [0.4, 0.5) is 0 Å². The third-order valence-electron chi connectivity index (χ3n) is 0. The van der Waals surface area contributed by atoms with Crippen molar-refractivity contribution >= 4 is 0 Å². The molecule has 0 aliphatic heterocycles. The molecular formula is HeO2Ti. The van der Waals surface area contributed by atoms with Gasteiger partial charge in [0, 0.05) is 6.15 Å². The Morgan fingerprint density at radius 2 is 1.25 bits per heavy atom. The van der Waals surface area contributed by atoms with Crippen molar-refractivity contribution in [3.63, 3.8) is 0 Å². The minimum absolute atomic E-state index is 0. The van der Waals surface area contributed by atoms with Gasteiger partial charge in [-0.05, 0) is 0 Å². The summed E-state index contributed by atoms with van der Waals surface area (Å²) < 4.78 is 17.0. The van der Waals surface area contributed by atoms with Crippen molar-refractivity contribution in [2.45, 2.75) is 0 Å². The molecule has 0 radical (unpaired) electrons. The van der Waals surface area contributed by atoms with Gasteiger partial charge in [0.1, 0.15) is 0 Å². The molecule has 0 N–H and O–H groups in total. The number of rotatable bonds is 0. The fourth-order valence-corrected chi connectivity index (χ4v) is 0. The average molecular weight is 83.9 g/mol. The van der Waals surface area contributed by atoms with Crippen molar-refractivity contribution in [1.29, 1.82) is 0 Å². The molecule has 0 aliphatic carbocycles. The Bertz CT molecular complexity index is 27.0. The molecule has 4 heteroatoms. The molecule has 0 fully saturated rings. The quantitative estimate of drug-likeness (QED) is 0.379. The molecule has 0 aliphatic rings. The summed E-state index contributed by atoms with van der Waals surface area (Å²) in [6.07, 6.45) is 0. The normalized spacial score (nSPS) is 2.00. The summed E-state index contributed by atoms with van der Waals surface area (Å²) in [7, 11) is 0. The van der Waals surface area contributed by atoms with Crippen LogP contribution in [0.1, 0.15) is 0 Å². The second kappa shape index (κ2) is 10.6. The van der Waals surface area contributed by atoms with Gasteiger partial charge >= 0.3 is 25.7 Å². The van der Waals surface area contributed by atoms with Gasteiger partial charge in [-0.1, -0.05) is 0 Å². The Morgan fingerprint density at radius 1 is 1.25 bits per heavy atom. The van der Waals surface area contributed by atoms with Crippen LogP contribution in [-0.4, -0.2) is 0 Å². The monoisotopic (exact) mass is 83.9 g/mol. The molecule has 0 bridgehead atoms. The van der Waals surface area contributed by atoms with Crippen LogP contribution in [-0.2, 0) is 25.7 Å². The fraction of sp³-hybridized carbons (Fsp3) is 0. The summed E-state index contributed by atoms with van der Waals surface area (Å²) in [4.78, 5) is 0. The van der Waals surface area contributed by atoms with Crippen molar-refractivity contribution in [3.05, 3.63) is 0 Å². The van der Waals surface area contributed by atoms with E-state index in [-0.39, 0.29) is 6.15 Å². The first-order valence-electron chi connectivity index (χ1n) is 0.408. The van der Waals surface area contributed by atoms with Gasteiger partial charge in [-0.25, -0.2) is 0 Å². The summed E-state index contributed by atoms with van der Waals surface area (Å²) in [5.41, 5.74) is 0. The van der Waals surface area contributed by atoms with Crippen molar-refractivity contribution in [2.75, 3.05) is 0 Å². The van der Waals surface area contributed by atoms with Gasteiger partial charge in [-0.15, -0.1) is 0 Å². The summed E-state index contributed by atoms with van der Waals surface area (Å²) in [5, 5.41) is 0. The third kappa shape index (κ3) is 66.7. The van der Waals surface area contributed by atoms with Gasteiger partial charge in [-0.2, -0.15) is 0 Å². The first-order chi connectivity index (χ1) is 1.41. The van der Waals surface area contributed by atoms with Gasteiger partial charge in [-0.3, -0.25) is 0 Å². The molecule has 18 valence electrons. The van der Waals surface area contributed by atoms with Crippen molar-refractivity contribution < 1.29 is 31.9 Å². The predicted molar refractivity (Wildman–Crippen MR) is 1.37 cm³/mol. The van der Waals surface area contributed by atoms with E-state index in [0.717, 1.165) is 0 Å². The Hall–Kier alpha value is 0.223. The van der Waals surface area contributed by atoms with E-state index < -0.39 is 19.1 Å². The maximum absolute atomic E-state index is 8.50. The van der Waals surface area contributed by atoms with Crippen LogP contribution < -0.4 is 0 Å². The molecule has 4 heavy (non-hydrogen) atoms. The first kappa shape index (κ1) is 8.88.